The third-order valence-electron chi connectivity index (χ3n) is 20.0. The summed E-state index contributed by atoms with van der Waals surface area (Å²) in [5.74, 6) is 2.05. The van der Waals surface area contributed by atoms with Crippen molar-refractivity contribution in [3.63, 3.8) is 0 Å². The van der Waals surface area contributed by atoms with Gasteiger partial charge in [0.15, 0.2) is 0 Å². The Kier molecular flexibility index (Phi) is 22.9. The summed E-state index contributed by atoms with van der Waals surface area (Å²) >= 11 is 5.95. The average Bonchev–Trinajstić information content (AvgIpc) is 3.94. The van der Waals surface area contributed by atoms with E-state index in [0.29, 0.717) is 41.5 Å². The number of rotatable bonds is 5. The Morgan fingerprint density at radius 1 is 0.640 bits per heavy atom. The van der Waals surface area contributed by atoms with Gasteiger partial charge in [0.2, 0.25) is 11.8 Å². The predicted octanol–water partition coefficient (Wildman–Crippen LogP) is 6.63. The summed E-state index contributed by atoms with van der Waals surface area (Å²) in [6, 6.07) is 15.4. The molecule has 472 valence electrons. The van der Waals surface area contributed by atoms with Crippen molar-refractivity contribution < 1.29 is 19.5 Å². The molecule has 10 aliphatic rings. The number of benzene rings is 2. The average molecular weight is 1210 g/mol. The number of H-pyrrole nitrogens is 1. The van der Waals surface area contributed by atoms with Crippen LogP contribution >= 0.6 is 11.6 Å². The molecule has 1 atom stereocenters. The molecule has 7 saturated heterocycles. The van der Waals surface area contributed by atoms with Crippen LogP contribution in [0.1, 0.15) is 119 Å². The van der Waals surface area contributed by atoms with Crippen molar-refractivity contribution in [3.05, 3.63) is 86.3 Å². The van der Waals surface area contributed by atoms with Crippen molar-refractivity contribution in [3.8, 4) is 0 Å². The summed E-state index contributed by atoms with van der Waals surface area (Å²) < 4.78 is 4.17. The number of aryl methyl sites for hydroxylation is 2. The third-order valence-corrected chi connectivity index (χ3v) is 20.2. The number of nitrogens with zero attached hydrogens (tertiary/aromatic N) is 13. The van der Waals surface area contributed by atoms with Gasteiger partial charge in [0.1, 0.15) is 17.7 Å². The van der Waals surface area contributed by atoms with E-state index in [1.807, 2.05) is 59.9 Å². The molecule has 3 N–H and O–H groups in total. The van der Waals surface area contributed by atoms with Gasteiger partial charge in [-0.1, -0.05) is 29.8 Å². The quantitative estimate of drug-likeness (QED) is 0.193. The van der Waals surface area contributed by atoms with Crippen LogP contribution in [0.3, 0.4) is 0 Å². The minimum atomic E-state index is -0.633. The molecule has 2 amide bonds. The number of anilines is 1. The first kappa shape index (κ1) is 65.1. The second kappa shape index (κ2) is 30.3. The number of hydrogen-bond acceptors (Lipinski definition) is 14. The van der Waals surface area contributed by atoms with Gasteiger partial charge in [-0.25, -0.2) is 4.79 Å². The lowest BCUT2D eigenvalue weighted by Gasteiger charge is -2.36. The standard InChI is InChI=1S/C14H18N2O.C13H16ClN3O.C11H20N2O2.C10H18N4.C9H16N2O.C8H12N2/c1-15-8-6-12(7-9-15)16-13-5-3-2-4-11(13)10-14(16)17;1-16-6-4-10(5-7-16)17-12-3-2-9(14)8-11(12)15-13(17)18;1-12-7-4-9(5-8-12)13-6-2-3-10(13)11(14)15;1-8-11-12-9(2)14(8)10-4-6-13(3)7-5-10;1-11-6-3-9(4-7-11)2-5-10-8(9)12;1-10-3-2-7-4-9-5-8(7)6-10/h2-5,12H,6-10H2,1H3;2-3,8,10H,4-7H2,1H3,(H,15,18);9-10H,2-8H2,1H3,(H,14,15);10H,4-7H2,1-3H3;2-7H2,1H3,(H,10,12);5H,2-4,6H2,1H3/t;;10-;;;/m..0.../s1. The Balaban J connectivity index is 0.000000124. The number of carboxylic acids is 1. The maximum absolute atomic E-state index is 12.1. The van der Waals surface area contributed by atoms with Gasteiger partial charge in [0, 0.05) is 60.7 Å². The third kappa shape index (κ3) is 16.5. The lowest BCUT2D eigenvalue weighted by Crippen LogP contribution is -2.48. The highest BCUT2D eigenvalue weighted by atomic mass is 35.5. The van der Waals surface area contributed by atoms with Gasteiger partial charge < -0.3 is 54.3 Å². The predicted molar refractivity (Wildman–Crippen MR) is 344 cm³/mol. The first-order valence-corrected chi connectivity index (χ1v) is 32.5. The Bertz CT molecular complexity index is 2990. The van der Waals surface area contributed by atoms with Crippen LogP contribution in [-0.2, 0) is 20.8 Å². The summed E-state index contributed by atoms with van der Waals surface area (Å²) in [4.78, 5) is 72.2. The lowest BCUT2D eigenvalue weighted by atomic mass is 9.77. The number of nitrogens with one attached hydrogen (secondary N) is 2. The largest absolute Gasteiger partial charge is 0.480 e. The number of aliphatic carboxylic acids is 1. The fourth-order valence-electron chi connectivity index (χ4n) is 14.5. The van der Waals surface area contributed by atoms with Crippen molar-refractivity contribution >= 4 is 52.3 Å². The molecule has 0 saturated carbocycles. The number of carboxylic acid groups (broad SMARTS) is 1. The number of para-hydroxylation sites is 1. The Morgan fingerprint density at radius 3 is 1.78 bits per heavy atom. The SMILES string of the molecule is CN1CCC(N2C(=O)Cc3ccccc32)CC1.CN1CCC(N2CCC[C@H]2C(=O)O)CC1.CN1CCC(n2c(=O)[nH]c3cc(Cl)ccc32)CC1.CN1CCC2(CCNC2=O)CC1.CN1CCC2=C(C=NC2)C1.Cc1nnc(C)n1C1CCN(C)CC1. The molecule has 0 radical (unpaired) electrons. The van der Waals surface area contributed by atoms with E-state index in [-0.39, 0.29) is 23.1 Å². The summed E-state index contributed by atoms with van der Waals surface area (Å²) in [5.41, 5.74) is 7.15. The smallest absolute Gasteiger partial charge is 0.326 e. The molecule has 1 spiro atoms. The number of amides is 2. The van der Waals surface area contributed by atoms with Crippen LogP contribution in [0.2, 0.25) is 5.02 Å². The number of fused-ring (bicyclic) bond motifs is 2. The molecule has 2 aromatic heterocycles. The van der Waals surface area contributed by atoms with E-state index < -0.39 is 5.97 Å². The number of hydrogen-bond donors (Lipinski definition) is 3. The van der Waals surface area contributed by atoms with Crippen LogP contribution in [0.5, 0.6) is 0 Å². The fraction of sp³-hybridized carbons (Fsp3) is 0.677. The maximum Gasteiger partial charge on any atom is 0.326 e. The monoisotopic (exact) mass is 1210 g/mol. The number of aromatic amines is 1. The van der Waals surface area contributed by atoms with Crippen molar-refractivity contribution in [2.24, 2.45) is 10.4 Å². The first-order valence-electron chi connectivity index (χ1n) is 32.1. The number of likely N-dealkylation sites (tertiary alicyclic amines) is 6. The zero-order valence-corrected chi connectivity index (χ0v) is 53.7. The molecule has 20 nitrogen and oxygen atoms in total. The van der Waals surface area contributed by atoms with Gasteiger partial charge in [0.25, 0.3) is 0 Å². The molecule has 10 aliphatic heterocycles. The molecule has 86 heavy (non-hydrogen) atoms. The van der Waals surface area contributed by atoms with Gasteiger partial charge >= 0.3 is 11.7 Å². The van der Waals surface area contributed by atoms with E-state index in [9.17, 15) is 19.2 Å². The second-order valence-electron chi connectivity index (χ2n) is 26.2. The molecule has 4 aromatic rings. The Morgan fingerprint density at radius 2 is 1.20 bits per heavy atom. The number of piperidine rings is 5. The van der Waals surface area contributed by atoms with E-state index in [1.54, 1.807) is 5.57 Å². The highest BCUT2D eigenvalue weighted by molar-refractivity contribution is 6.31. The van der Waals surface area contributed by atoms with Crippen molar-refractivity contribution in [2.45, 2.75) is 140 Å². The summed E-state index contributed by atoms with van der Waals surface area (Å²) in [5, 5.41) is 20.9. The number of likely N-dealkylation sites (N-methyl/N-ethyl adjacent to an activating group) is 1. The van der Waals surface area contributed by atoms with Crippen molar-refractivity contribution in [2.75, 3.05) is 145 Å². The number of carbonyl (C=O) groups is 3. The van der Waals surface area contributed by atoms with E-state index in [2.05, 4.69) is 119 Å². The molecule has 2 aromatic carbocycles. The fourth-order valence-corrected chi connectivity index (χ4v) is 14.7. The van der Waals surface area contributed by atoms with Gasteiger partial charge in [0.05, 0.1) is 29.4 Å². The van der Waals surface area contributed by atoms with E-state index in [4.69, 9.17) is 16.7 Å². The molecular weight excluding hydrogens is 1110 g/mol. The molecule has 12 heterocycles. The Labute approximate surface area is 515 Å². The van der Waals surface area contributed by atoms with Crippen LogP contribution in [0.25, 0.3) is 11.0 Å². The number of imidazole rings is 1. The molecule has 0 unspecified atom stereocenters. The van der Waals surface area contributed by atoms with E-state index in [1.165, 1.54) is 50.0 Å². The van der Waals surface area contributed by atoms with E-state index >= 15 is 0 Å². The zero-order chi connectivity index (χ0) is 61.1. The van der Waals surface area contributed by atoms with Gasteiger partial charge in [-0.05, 0) is 259 Å². The molecule has 7 fully saturated rings. The first-order chi connectivity index (χ1) is 41.4. The minimum Gasteiger partial charge on any atom is -0.480 e. The highest BCUT2D eigenvalue weighted by Crippen LogP contribution is 2.38. The number of carbonyl (C=O) groups excluding carboxylic acids is 2. The van der Waals surface area contributed by atoms with Crippen LogP contribution in [0.15, 0.2) is 63.4 Å². The van der Waals surface area contributed by atoms with Gasteiger partial charge in [-0.15, -0.1) is 10.2 Å². The maximum atomic E-state index is 12.1. The second-order valence-corrected chi connectivity index (χ2v) is 26.7. The summed E-state index contributed by atoms with van der Waals surface area (Å²) in [6.45, 7) is 20.2. The minimum absolute atomic E-state index is 0.0203. The molecule has 21 heteroatoms. The van der Waals surface area contributed by atoms with Crippen LogP contribution < -0.4 is 15.9 Å². The topological polar surface area (TPSA) is 190 Å². The normalized spacial score (nSPS) is 24.0. The summed E-state index contributed by atoms with van der Waals surface area (Å²) in [6.07, 6.45) is 17.8. The molecule has 0 bridgehead atoms. The Hall–Kier alpha value is -5.32. The number of aromatic nitrogens is 5. The summed E-state index contributed by atoms with van der Waals surface area (Å²) in [7, 11) is 12.9. The molecule has 0 aliphatic carbocycles. The van der Waals surface area contributed by atoms with Crippen LogP contribution in [0.4, 0.5) is 5.69 Å². The number of halogens is 1. The van der Waals surface area contributed by atoms with Gasteiger partial charge in [-0.3, -0.25) is 28.8 Å². The molecular formula is C65H100ClN15O5. The van der Waals surface area contributed by atoms with Crippen LogP contribution in [0, 0.1) is 19.3 Å². The van der Waals surface area contributed by atoms with Crippen molar-refractivity contribution in [1.82, 2.24) is 63.9 Å². The van der Waals surface area contributed by atoms with Crippen LogP contribution in [-0.4, -0.2) is 246 Å². The van der Waals surface area contributed by atoms with E-state index in [0.717, 1.165) is 178 Å². The zero-order valence-electron chi connectivity index (χ0n) is 53.0. The molecule has 14 rings (SSSR count). The number of aliphatic imine (C=N–C) groups is 1. The lowest BCUT2D eigenvalue weighted by molar-refractivity contribution is -0.143. The highest BCUT2D eigenvalue weighted by Gasteiger charge is 2.44. The van der Waals surface area contributed by atoms with Gasteiger partial charge in [-0.2, -0.15) is 0 Å². The van der Waals surface area contributed by atoms with Crippen molar-refractivity contribution in [1.29, 1.82) is 0 Å².